The second-order valence-electron chi connectivity index (χ2n) is 9.57. The largest absolute Gasteiger partial charge is 0.758 e. The summed E-state index contributed by atoms with van der Waals surface area (Å²) < 4.78 is 11.8. The van der Waals surface area contributed by atoms with Gasteiger partial charge in [0.15, 0.2) is 0 Å². The summed E-state index contributed by atoms with van der Waals surface area (Å²) in [6, 6.07) is 0. The van der Waals surface area contributed by atoms with Crippen molar-refractivity contribution < 1.29 is 12.4 Å². The molecule has 0 amide bonds. The zero-order chi connectivity index (χ0) is 22.5. The Morgan fingerprint density at radius 2 is 0.867 bits per heavy atom. The Morgan fingerprint density at radius 3 is 1.17 bits per heavy atom. The highest BCUT2D eigenvalue weighted by atomic mass is 27.2. The third-order valence-corrected chi connectivity index (χ3v) is 7.98. The van der Waals surface area contributed by atoms with Crippen LogP contribution in [0, 0.1) is 0 Å². The number of hydrogen-bond donors (Lipinski definition) is 0. The van der Waals surface area contributed by atoms with Crippen molar-refractivity contribution in [2.45, 2.75) is 162 Å². The fourth-order valence-corrected chi connectivity index (χ4v) is 5.62. The van der Waals surface area contributed by atoms with Gasteiger partial charge in [-0.2, -0.15) is 0 Å². The quantitative estimate of drug-likeness (QED) is 0.118. The molecule has 0 heterocycles. The average molecular weight is 441 g/mol. The van der Waals surface area contributed by atoms with Crippen LogP contribution in [-0.2, 0) is 12.4 Å². The molecule has 0 rings (SSSR count). The van der Waals surface area contributed by atoms with Crippen molar-refractivity contribution in [3.8, 4) is 0 Å². The maximum atomic E-state index is 12.4. The molecule has 0 aliphatic rings. The van der Waals surface area contributed by atoms with Crippen molar-refractivity contribution in [2.24, 2.45) is 0 Å². The Labute approximate surface area is 194 Å². The van der Waals surface area contributed by atoms with Crippen molar-refractivity contribution in [1.29, 1.82) is 0 Å². The van der Waals surface area contributed by atoms with Gasteiger partial charge in [-0.05, 0) is 40.5 Å². The number of hydrogen-bond acceptors (Lipinski definition) is 3. The van der Waals surface area contributed by atoms with Gasteiger partial charge < -0.3 is 12.4 Å². The molecule has 0 aliphatic heterocycles. The van der Waals surface area contributed by atoms with Gasteiger partial charge in [0.2, 0.25) is 0 Å². The molecule has 0 fully saturated rings. The molecule has 4 heteroatoms. The monoisotopic (exact) mass is 440 g/mol. The van der Waals surface area contributed by atoms with Gasteiger partial charge in [0.05, 0.1) is 0 Å². The van der Waals surface area contributed by atoms with E-state index in [0.717, 1.165) is 12.8 Å². The first-order chi connectivity index (χ1) is 14.5. The highest BCUT2D eigenvalue weighted by Crippen LogP contribution is 2.15. The first-order valence-electron chi connectivity index (χ1n) is 13.3. The molecule has 0 radical (unpaired) electrons. The maximum absolute atomic E-state index is 12.4. The minimum atomic E-state index is -2.18. The molecular weight excluding hydrogens is 387 g/mol. The second kappa shape index (κ2) is 22.3. The maximum Gasteiger partial charge on any atom is 0.758 e. The van der Waals surface area contributed by atoms with Crippen LogP contribution in [0.2, 0.25) is 0 Å². The lowest BCUT2D eigenvalue weighted by Gasteiger charge is -2.17. The van der Waals surface area contributed by atoms with Crippen LogP contribution in [0.3, 0.4) is 0 Å². The molecule has 0 bridgehead atoms. The Morgan fingerprint density at radius 1 is 0.567 bits per heavy atom. The normalized spacial score (nSPS) is 11.6. The molecule has 0 atom stereocenters. The van der Waals surface area contributed by atoms with Crippen LogP contribution in [0.1, 0.15) is 150 Å². The smallest absolute Gasteiger partial charge is 0.471 e. The van der Waals surface area contributed by atoms with Crippen LogP contribution in [0.25, 0.3) is 0 Å². The minimum Gasteiger partial charge on any atom is -0.471 e. The standard InChI is InChI=1S/C20H39O.2C3H7O.Al/c1-2-3-4-5-6-7-8-9-10-11-12-13-14-15-16-17-18-19-20-21;2*1-3(2)4;/h2-19H2,1H3;2*3H,1-2H3;/q;2*-1;+2. The SMILES string of the molecule is CCCCCCCCCCCCCCCCCCC[C](=O)[Al]([O]C(C)C)[O]C(C)C. The topological polar surface area (TPSA) is 35.5 Å². The molecule has 0 saturated carbocycles. The third kappa shape index (κ3) is 21.4. The highest BCUT2D eigenvalue weighted by molar-refractivity contribution is 6.80. The first kappa shape index (κ1) is 30.1. The first-order valence-corrected chi connectivity index (χ1v) is 14.8. The van der Waals surface area contributed by atoms with E-state index in [1.54, 1.807) is 0 Å². The second-order valence-corrected chi connectivity index (χ2v) is 11.4. The molecule has 0 spiro atoms. The van der Waals surface area contributed by atoms with Crippen molar-refractivity contribution in [2.75, 3.05) is 0 Å². The Balaban J connectivity index is 3.42. The van der Waals surface area contributed by atoms with Crippen molar-refractivity contribution in [3.05, 3.63) is 0 Å². The van der Waals surface area contributed by atoms with E-state index < -0.39 is 14.8 Å². The summed E-state index contributed by atoms with van der Waals surface area (Å²) in [5, 5.41) is 0. The van der Waals surface area contributed by atoms with Crippen LogP contribution >= 0.6 is 0 Å². The average Bonchev–Trinajstić information content (AvgIpc) is 2.69. The lowest BCUT2D eigenvalue weighted by Crippen LogP contribution is -2.37. The predicted octanol–water partition coefficient (Wildman–Crippen LogP) is 8.47. The number of unbranched alkanes of at least 4 members (excludes halogenated alkanes) is 16. The molecule has 0 saturated heterocycles. The van der Waals surface area contributed by atoms with E-state index >= 15 is 0 Å². The number of rotatable bonds is 23. The summed E-state index contributed by atoms with van der Waals surface area (Å²) in [5.74, 6) is 0. The fourth-order valence-electron chi connectivity index (χ4n) is 3.82. The van der Waals surface area contributed by atoms with E-state index in [1.165, 1.54) is 96.3 Å². The van der Waals surface area contributed by atoms with Crippen LogP contribution in [-0.4, -0.2) is 31.7 Å². The molecule has 0 aromatic heterocycles. The molecule has 0 aliphatic carbocycles. The van der Waals surface area contributed by atoms with Gasteiger partial charge in [-0.3, -0.25) is 0 Å². The van der Waals surface area contributed by atoms with Gasteiger partial charge in [-0.15, -0.1) is 0 Å². The van der Waals surface area contributed by atoms with Gasteiger partial charge in [0.25, 0.3) is 0 Å². The zero-order valence-corrected chi connectivity index (χ0v) is 22.3. The summed E-state index contributed by atoms with van der Waals surface area (Å²) in [4.78, 5) is 12.4. The van der Waals surface area contributed by atoms with Gasteiger partial charge in [0.1, 0.15) is 4.65 Å². The molecule has 30 heavy (non-hydrogen) atoms. The molecule has 0 aromatic rings. The van der Waals surface area contributed by atoms with Gasteiger partial charge in [-0.1, -0.05) is 110 Å². The van der Waals surface area contributed by atoms with Crippen molar-refractivity contribution >= 4 is 19.5 Å². The van der Waals surface area contributed by atoms with E-state index in [0.29, 0.717) is 6.42 Å². The molecule has 3 nitrogen and oxygen atoms in total. The van der Waals surface area contributed by atoms with Crippen molar-refractivity contribution in [3.63, 3.8) is 0 Å². The van der Waals surface area contributed by atoms with Crippen LogP contribution < -0.4 is 0 Å². The summed E-state index contributed by atoms with van der Waals surface area (Å²) in [6.45, 7) is 10.2. The van der Waals surface area contributed by atoms with E-state index in [9.17, 15) is 4.79 Å². The van der Waals surface area contributed by atoms with Crippen LogP contribution in [0.4, 0.5) is 0 Å². The molecule has 178 valence electrons. The number of carbonyl (C=O) groups is 1. The Hall–Kier alpha value is 0.122. The molecular formula is C26H53AlO3. The fraction of sp³-hybridized carbons (Fsp3) is 0.962. The highest BCUT2D eigenvalue weighted by Gasteiger charge is 2.36. The Kier molecular flexibility index (Phi) is 22.4. The zero-order valence-electron chi connectivity index (χ0n) is 21.2. The minimum absolute atomic E-state index is 0.0694. The molecule has 0 unspecified atom stereocenters. The van der Waals surface area contributed by atoms with E-state index in [1.807, 2.05) is 27.7 Å². The van der Waals surface area contributed by atoms with Crippen LogP contribution in [0.5, 0.6) is 0 Å². The molecule has 0 aromatic carbocycles. The summed E-state index contributed by atoms with van der Waals surface area (Å²) >= 11 is -2.18. The van der Waals surface area contributed by atoms with Gasteiger partial charge in [-0.25, -0.2) is 0 Å². The van der Waals surface area contributed by atoms with E-state index in [4.69, 9.17) is 7.58 Å². The van der Waals surface area contributed by atoms with Crippen LogP contribution in [0.15, 0.2) is 0 Å². The van der Waals surface area contributed by atoms with Gasteiger partial charge in [0, 0.05) is 12.2 Å². The lowest BCUT2D eigenvalue weighted by molar-refractivity contribution is -0.115. The summed E-state index contributed by atoms with van der Waals surface area (Å²) in [7, 11) is 0. The van der Waals surface area contributed by atoms with Crippen molar-refractivity contribution in [1.82, 2.24) is 0 Å². The third-order valence-electron chi connectivity index (χ3n) is 5.58. The summed E-state index contributed by atoms with van der Waals surface area (Å²) in [6.07, 6.45) is 23.9. The number of carbonyl (C=O) groups excluding carboxylic acids is 1. The lowest BCUT2D eigenvalue weighted by atomic mass is 10.0. The van der Waals surface area contributed by atoms with Gasteiger partial charge >= 0.3 is 14.8 Å². The molecule has 0 N–H and O–H groups in total. The van der Waals surface area contributed by atoms with E-state index in [2.05, 4.69) is 6.92 Å². The summed E-state index contributed by atoms with van der Waals surface area (Å²) in [5.41, 5.74) is 0. The predicted molar refractivity (Wildman–Crippen MR) is 132 cm³/mol. The Bertz CT molecular complexity index is 361. The van der Waals surface area contributed by atoms with E-state index in [-0.39, 0.29) is 16.9 Å².